The Kier molecular flexibility index (Phi) is 4.34. The Labute approximate surface area is 158 Å². The van der Waals surface area contributed by atoms with Crippen LogP contribution in [0.1, 0.15) is 36.3 Å². The summed E-state index contributed by atoms with van der Waals surface area (Å²) in [6, 6.07) is 6.56. The molecule has 9 heteroatoms. The first-order valence-electron chi connectivity index (χ1n) is 8.78. The molecule has 144 valence electrons. The van der Waals surface area contributed by atoms with E-state index in [1.54, 1.807) is 24.3 Å². The Balaban J connectivity index is 1.82. The number of H-pyrrole nitrogens is 2. The molecule has 1 aromatic carbocycles. The molecular formula is C19H17N3O6. The normalized spacial score (nSPS) is 18.1. The summed E-state index contributed by atoms with van der Waals surface area (Å²) in [6.07, 6.45) is 1.74. The van der Waals surface area contributed by atoms with Gasteiger partial charge in [0.2, 0.25) is 0 Å². The molecule has 4 N–H and O–H groups in total. The number of ether oxygens (including phenoxy) is 1. The van der Waals surface area contributed by atoms with Crippen LogP contribution in [0.3, 0.4) is 0 Å². The Morgan fingerprint density at radius 2 is 1.86 bits per heavy atom. The highest BCUT2D eigenvalue weighted by molar-refractivity contribution is 6.00. The van der Waals surface area contributed by atoms with Crippen LogP contribution in [-0.4, -0.2) is 33.4 Å². The van der Waals surface area contributed by atoms with Crippen molar-refractivity contribution in [2.24, 2.45) is 0 Å². The lowest BCUT2D eigenvalue weighted by Gasteiger charge is -2.32. The van der Waals surface area contributed by atoms with Gasteiger partial charge in [0.05, 0.1) is 5.56 Å². The number of ketones is 1. The van der Waals surface area contributed by atoms with Crippen molar-refractivity contribution in [2.45, 2.75) is 25.2 Å². The van der Waals surface area contributed by atoms with Crippen LogP contribution in [0.15, 0.2) is 45.1 Å². The fourth-order valence-electron chi connectivity index (χ4n) is 3.73. The number of benzene rings is 1. The molecule has 2 aliphatic rings. The molecular weight excluding hydrogens is 366 g/mol. The smallest absolute Gasteiger partial charge is 0.341 e. The van der Waals surface area contributed by atoms with Gasteiger partial charge in [-0.25, -0.2) is 9.59 Å². The number of rotatable bonds is 4. The first-order chi connectivity index (χ1) is 13.4. The third-order valence-corrected chi connectivity index (χ3v) is 4.86. The molecule has 0 bridgehead atoms. The molecule has 28 heavy (non-hydrogen) atoms. The molecule has 1 aliphatic heterocycles. The first-order valence-corrected chi connectivity index (χ1v) is 8.78. The van der Waals surface area contributed by atoms with Crippen molar-refractivity contribution >= 4 is 17.6 Å². The van der Waals surface area contributed by atoms with Gasteiger partial charge >= 0.3 is 11.7 Å². The van der Waals surface area contributed by atoms with Gasteiger partial charge in [0.15, 0.2) is 12.4 Å². The number of carbonyl (C=O) groups excluding carboxylic acids is 1. The zero-order valence-electron chi connectivity index (χ0n) is 14.7. The number of Topliss-reactive ketones (excluding diaryl/α,β-unsaturated/α-hetero) is 1. The average molecular weight is 383 g/mol. The monoisotopic (exact) mass is 383 g/mol. The molecule has 1 aliphatic carbocycles. The van der Waals surface area contributed by atoms with Gasteiger partial charge in [-0.3, -0.25) is 19.6 Å². The fourth-order valence-corrected chi connectivity index (χ4v) is 3.73. The van der Waals surface area contributed by atoms with Gasteiger partial charge in [-0.05, 0) is 30.5 Å². The molecule has 0 radical (unpaired) electrons. The molecule has 1 atom stereocenters. The number of aromatic amines is 2. The standard InChI is InChI=1S/C19H17N3O6/c23-12-3-1-2-11-15(12)14(16-17(20-11)21-19(27)22-18(16)26)9-4-6-10(7-5-9)28-8-13(24)25/h4-7,14H,1-3,8H2,(H,24,25)(H3,20,21,22,26,27). The molecule has 4 rings (SSSR count). The van der Waals surface area contributed by atoms with Gasteiger partial charge in [-0.1, -0.05) is 12.1 Å². The topological polar surface area (TPSA) is 141 Å². The van der Waals surface area contributed by atoms with Gasteiger partial charge in [0.25, 0.3) is 5.56 Å². The number of carboxylic acid groups (broad SMARTS) is 1. The summed E-state index contributed by atoms with van der Waals surface area (Å²) < 4.78 is 5.14. The molecule has 9 nitrogen and oxygen atoms in total. The number of allylic oxidation sites excluding steroid dienone is 2. The average Bonchev–Trinajstić information content (AvgIpc) is 2.65. The first kappa shape index (κ1) is 17.8. The van der Waals surface area contributed by atoms with E-state index in [0.29, 0.717) is 47.7 Å². The largest absolute Gasteiger partial charge is 0.482 e. The zero-order valence-corrected chi connectivity index (χ0v) is 14.7. The Hall–Kier alpha value is -3.62. The summed E-state index contributed by atoms with van der Waals surface area (Å²) in [5, 5.41) is 11.8. The van der Waals surface area contributed by atoms with E-state index >= 15 is 0 Å². The van der Waals surface area contributed by atoms with E-state index in [0.717, 1.165) is 0 Å². The van der Waals surface area contributed by atoms with Gasteiger partial charge in [-0.15, -0.1) is 0 Å². The molecule has 0 saturated heterocycles. The number of nitrogens with one attached hydrogen (secondary N) is 3. The van der Waals surface area contributed by atoms with E-state index < -0.39 is 29.7 Å². The molecule has 0 spiro atoms. The Morgan fingerprint density at radius 1 is 1.11 bits per heavy atom. The van der Waals surface area contributed by atoms with E-state index in [4.69, 9.17) is 9.84 Å². The van der Waals surface area contributed by atoms with E-state index in [1.807, 2.05) is 0 Å². The van der Waals surface area contributed by atoms with Crippen molar-refractivity contribution in [1.29, 1.82) is 0 Å². The minimum Gasteiger partial charge on any atom is -0.482 e. The summed E-state index contributed by atoms with van der Waals surface area (Å²) in [5.74, 6) is -1.11. The number of fused-ring (bicyclic) bond motifs is 1. The molecule has 1 aromatic heterocycles. The number of aromatic nitrogens is 2. The number of hydrogen-bond donors (Lipinski definition) is 4. The van der Waals surface area contributed by atoms with E-state index in [1.165, 1.54) is 0 Å². The third-order valence-electron chi connectivity index (χ3n) is 4.86. The second-order valence-electron chi connectivity index (χ2n) is 6.68. The second-order valence-corrected chi connectivity index (χ2v) is 6.68. The number of carboxylic acids is 1. The Bertz CT molecular complexity index is 1110. The molecule has 0 amide bonds. The van der Waals surface area contributed by atoms with Crippen LogP contribution in [0.4, 0.5) is 5.82 Å². The van der Waals surface area contributed by atoms with Gasteiger partial charge in [0.1, 0.15) is 11.6 Å². The minimum absolute atomic E-state index is 0.0406. The van der Waals surface area contributed by atoms with Crippen LogP contribution >= 0.6 is 0 Å². The minimum atomic E-state index is -1.09. The highest BCUT2D eigenvalue weighted by atomic mass is 16.5. The van der Waals surface area contributed by atoms with E-state index in [-0.39, 0.29) is 11.3 Å². The van der Waals surface area contributed by atoms with Crippen molar-refractivity contribution in [3.63, 3.8) is 0 Å². The lowest BCUT2D eigenvalue weighted by Crippen LogP contribution is -2.36. The molecule has 2 aromatic rings. The summed E-state index contributed by atoms with van der Waals surface area (Å²) in [6.45, 7) is -0.468. The highest BCUT2D eigenvalue weighted by Crippen LogP contribution is 2.42. The zero-order chi connectivity index (χ0) is 19.8. The summed E-state index contributed by atoms with van der Waals surface area (Å²) in [4.78, 5) is 52.4. The van der Waals surface area contributed by atoms with Crippen LogP contribution in [0.2, 0.25) is 0 Å². The maximum Gasteiger partial charge on any atom is 0.341 e. The van der Waals surface area contributed by atoms with Crippen LogP contribution in [0, 0.1) is 0 Å². The second kappa shape index (κ2) is 6.84. The summed E-state index contributed by atoms with van der Waals surface area (Å²) in [5.41, 5.74) is 0.987. The van der Waals surface area contributed by atoms with Crippen molar-refractivity contribution in [1.82, 2.24) is 9.97 Å². The molecule has 0 fully saturated rings. The van der Waals surface area contributed by atoms with Gasteiger partial charge in [-0.2, -0.15) is 0 Å². The number of aliphatic carboxylic acids is 1. The number of anilines is 1. The van der Waals surface area contributed by atoms with Crippen LogP contribution < -0.4 is 21.3 Å². The maximum atomic E-state index is 12.7. The molecule has 0 saturated carbocycles. The van der Waals surface area contributed by atoms with Gasteiger partial charge in [0, 0.05) is 23.6 Å². The number of carbonyl (C=O) groups is 2. The van der Waals surface area contributed by atoms with Crippen molar-refractivity contribution in [3.8, 4) is 5.75 Å². The van der Waals surface area contributed by atoms with Crippen molar-refractivity contribution < 1.29 is 19.4 Å². The Morgan fingerprint density at radius 3 is 2.57 bits per heavy atom. The number of hydrogen-bond acceptors (Lipinski definition) is 6. The highest BCUT2D eigenvalue weighted by Gasteiger charge is 2.37. The summed E-state index contributed by atoms with van der Waals surface area (Å²) in [7, 11) is 0. The quantitative estimate of drug-likeness (QED) is 0.619. The lowest BCUT2D eigenvalue weighted by molar-refractivity contribution is -0.139. The van der Waals surface area contributed by atoms with Gasteiger partial charge < -0.3 is 15.2 Å². The SMILES string of the molecule is O=C(O)COc1ccc(C2C3=C(CCCC3=O)Nc3[nH]c(=O)[nH]c(=O)c32)cc1. The maximum absolute atomic E-state index is 12.7. The van der Waals surface area contributed by atoms with Crippen LogP contribution in [0.25, 0.3) is 0 Å². The third kappa shape index (κ3) is 3.11. The van der Waals surface area contributed by atoms with Crippen LogP contribution in [-0.2, 0) is 9.59 Å². The lowest BCUT2D eigenvalue weighted by atomic mass is 9.76. The fraction of sp³-hybridized carbons (Fsp3) is 0.263. The van der Waals surface area contributed by atoms with Crippen LogP contribution in [0.5, 0.6) is 5.75 Å². The predicted octanol–water partition coefficient (Wildman–Crippen LogP) is 1.09. The summed E-state index contributed by atoms with van der Waals surface area (Å²) >= 11 is 0. The van der Waals surface area contributed by atoms with E-state index in [9.17, 15) is 19.2 Å². The van der Waals surface area contributed by atoms with Crippen molar-refractivity contribution in [3.05, 3.63) is 67.5 Å². The van der Waals surface area contributed by atoms with E-state index in [2.05, 4.69) is 15.3 Å². The molecule has 1 unspecified atom stereocenters. The predicted molar refractivity (Wildman–Crippen MR) is 98.6 cm³/mol. The van der Waals surface area contributed by atoms with Crippen molar-refractivity contribution in [2.75, 3.05) is 11.9 Å². The molecule has 2 heterocycles.